The zero-order valence-corrected chi connectivity index (χ0v) is 16.0. The molecule has 1 aromatic heterocycles. The molecule has 2 aromatic rings. The highest BCUT2D eigenvalue weighted by Gasteiger charge is 2.19. The number of rotatable bonds is 5. The summed E-state index contributed by atoms with van der Waals surface area (Å²) in [6.45, 7) is 0. The van der Waals surface area contributed by atoms with Crippen molar-refractivity contribution in [3.63, 3.8) is 0 Å². The molecule has 0 unspecified atom stereocenters. The van der Waals surface area contributed by atoms with Crippen molar-refractivity contribution in [3.05, 3.63) is 35.5 Å². The van der Waals surface area contributed by atoms with Gasteiger partial charge in [0.05, 0.1) is 23.2 Å². The van der Waals surface area contributed by atoms with Crippen LogP contribution in [0.1, 0.15) is 25.7 Å². The fourth-order valence-corrected chi connectivity index (χ4v) is 3.78. The Morgan fingerprint density at radius 3 is 2.65 bits per heavy atom. The molecule has 0 bridgehead atoms. The molecule has 4 N–H and O–H groups in total. The quantitative estimate of drug-likeness (QED) is 0.718. The molecule has 0 amide bonds. The first-order chi connectivity index (χ1) is 12.3. The first-order valence-corrected chi connectivity index (χ1v) is 10.7. The molecular weight excluding hydrogens is 374 g/mol. The van der Waals surface area contributed by atoms with Gasteiger partial charge in [0, 0.05) is 23.3 Å². The normalized spacial score (nSPS) is 20.6. The summed E-state index contributed by atoms with van der Waals surface area (Å²) in [5.41, 5.74) is 7.66. The van der Waals surface area contributed by atoms with E-state index in [1.807, 2.05) is 6.07 Å². The summed E-state index contributed by atoms with van der Waals surface area (Å²) < 4.78 is 25.3. The highest BCUT2D eigenvalue weighted by molar-refractivity contribution is 7.92. The molecule has 1 aliphatic rings. The number of aromatic nitrogens is 2. The molecular formula is C17H22ClN5O2S. The van der Waals surface area contributed by atoms with Crippen LogP contribution in [0.15, 0.2) is 30.5 Å². The van der Waals surface area contributed by atoms with Crippen LogP contribution in [0.3, 0.4) is 0 Å². The summed E-state index contributed by atoms with van der Waals surface area (Å²) in [5.74, 6) is 0.506. The molecule has 1 aliphatic carbocycles. The van der Waals surface area contributed by atoms with E-state index >= 15 is 0 Å². The van der Waals surface area contributed by atoms with E-state index in [-0.39, 0.29) is 6.04 Å². The molecule has 140 valence electrons. The molecule has 1 aromatic carbocycles. The van der Waals surface area contributed by atoms with E-state index in [0.29, 0.717) is 34.0 Å². The maximum atomic E-state index is 11.4. The van der Waals surface area contributed by atoms with Crippen LogP contribution < -0.4 is 15.8 Å². The number of sulfonamides is 1. The van der Waals surface area contributed by atoms with Crippen molar-refractivity contribution in [2.75, 3.05) is 16.3 Å². The Kier molecular flexibility index (Phi) is 5.64. The van der Waals surface area contributed by atoms with E-state index in [1.165, 1.54) is 0 Å². The third-order valence-corrected chi connectivity index (χ3v) is 5.17. The van der Waals surface area contributed by atoms with Crippen molar-refractivity contribution >= 4 is 33.3 Å². The monoisotopic (exact) mass is 395 g/mol. The Bertz CT molecular complexity index is 882. The lowest BCUT2D eigenvalue weighted by atomic mass is 9.92. The fraction of sp³-hybridized carbons (Fsp3) is 0.412. The smallest absolute Gasteiger partial charge is 0.229 e. The van der Waals surface area contributed by atoms with Gasteiger partial charge in [0.1, 0.15) is 0 Å². The van der Waals surface area contributed by atoms with Gasteiger partial charge in [-0.25, -0.2) is 18.4 Å². The fourth-order valence-electron chi connectivity index (χ4n) is 3.03. The van der Waals surface area contributed by atoms with Crippen LogP contribution >= 0.6 is 11.6 Å². The van der Waals surface area contributed by atoms with Gasteiger partial charge in [-0.3, -0.25) is 4.72 Å². The predicted octanol–water partition coefficient (Wildman–Crippen LogP) is 2.85. The average Bonchev–Trinajstić information content (AvgIpc) is 2.57. The number of nitrogens with two attached hydrogens (primary N) is 1. The molecule has 0 atom stereocenters. The largest absolute Gasteiger partial charge is 0.351 e. The average molecular weight is 396 g/mol. The molecule has 7 nitrogen and oxygen atoms in total. The van der Waals surface area contributed by atoms with Crippen molar-refractivity contribution in [2.45, 2.75) is 37.8 Å². The van der Waals surface area contributed by atoms with Crippen LogP contribution in [0, 0.1) is 0 Å². The standard InChI is InChI=1S/C17H22ClN5O2S/c1-26(24,25)23-14-4-2-3-11(9-14)16-15(18)10-20-17(22-16)21-13-7-5-12(19)6-8-13/h2-4,9-10,12-13,23H,5-8,19H2,1H3,(H,20,21,22)/t12-,13-. The van der Waals surface area contributed by atoms with Crippen molar-refractivity contribution in [3.8, 4) is 11.3 Å². The molecule has 26 heavy (non-hydrogen) atoms. The van der Waals surface area contributed by atoms with Gasteiger partial charge in [-0.05, 0) is 37.8 Å². The van der Waals surface area contributed by atoms with Crippen molar-refractivity contribution in [2.24, 2.45) is 5.73 Å². The molecule has 0 radical (unpaired) electrons. The van der Waals surface area contributed by atoms with E-state index in [1.54, 1.807) is 24.4 Å². The first-order valence-electron chi connectivity index (χ1n) is 8.43. The van der Waals surface area contributed by atoms with Gasteiger partial charge in [-0.15, -0.1) is 0 Å². The Morgan fingerprint density at radius 2 is 1.96 bits per heavy atom. The predicted molar refractivity (Wildman–Crippen MR) is 105 cm³/mol. The lowest BCUT2D eigenvalue weighted by molar-refractivity contribution is 0.410. The van der Waals surface area contributed by atoms with Crippen LogP contribution in [-0.2, 0) is 10.0 Å². The van der Waals surface area contributed by atoms with E-state index in [0.717, 1.165) is 31.9 Å². The number of hydrogen-bond donors (Lipinski definition) is 3. The topological polar surface area (TPSA) is 110 Å². The highest BCUT2D eigenvalue weighted by atomic mass is 35.5. The third-order valence-electron chi connectivity index (χ3n) is 4.29. The molecule has 9 heteroatoms. The van der Waals surface area contributed by atoms with Gasteiger partial charge in [0.25, 0.3) is 0 Å². The number of anilines is 2. The molecule has 3 rings (SSSR count). The second kappa shape index (κ2) is 7.77. The second-order valence-electron chi connectivity index (χ2n) is 6.60. The van der Waals surface area contributed by atoms with Crippen LogP contribution in [0.25, 0.3) is 11.3 Å². The third kappa shape index (κ3) is 5.06. The van der Waals surface area contributed by atoms with Crippen molar-refractivity contribution < 1.29 is 8.42 Å². The summed E-state index contributed by atoms with van der Waals surface area (Å²) >= 11 is 6.27. The second-order valence-corrected chi connectivity index (χ2v) is 8.76. The van der Waals surface area contributed by atoms with Gasteiger partial charge < -0.3 is 11.1 Å². The van der Waals surface area contributed by atoms with Gasteiger partial charge >= 0.3 is 0 Å². The SMILES string of the molecule is CS(=O)(=O)Nc1cccc(-c2nc(N[C@H]3CC[C@H](N)CC3)ncc2Cl)c1. The van der Waals surface area contributed by atoms with Gasteiger partial charge in [-0.1, -0.05) is 23.7 Å². The summed E-state index contributed by atoms with van der Waals surface area (Å²) in [5, 5.41) is 3.74. The minimum absolute atomic E-state index is 0.278. The first kappa shape index (κ1) is 18.9. The Morgan fingerprint density at radius 1 is 1.23 bits per heavy atom. The molecule has 1 fully saturated rings. The van der Waals surface area contributed by atoms with Crippen molar-refractivity contribution in [1.82, 2.24) is 9.97 Å². The number of hydrogen-bond acceptors (Lipinski definition) is 6. The van der Waals surface area contributed by atoms with Crippen LogP contribution in [-0.4, -0.2) is 36.7 Å². The lowest BCUT2D eigenvalue weighted by Gasteiger charge is -2.26. The maximum absolute atomic E-state index is 11.4. The summed E-state index contributed by atoms with van der Waals surface area (Å²) in [6, 6.07) is 7.51. The van der Waals surface area contributed by atoms with E-state index < -0.39 is 10.0 Å². The Hall–Kier alpha value is -1.90. The molecule has 0 spiro atoms. The van der Waals surface area contributed by atoms with Crippen LogP contribution in [0.5, 0.6) is 0 Å². The maximum Gasteiger partial charge on any atom is 0.229 e. The highest BCUT2D eigenvalue weighted by Crippen LogP contribution is 2.29. The van der Waals surface area contributed by atoms with E-state index in [4.69, 9.17) is 17.3 Å². The zero-order valence-electron chi connectivity index (χ0n) is 14.4. The zero-order chi connectivity index (χ0) is 18.7. The summed E-state index contributed by atoms with van der Waals surface area (Å²) in [4.78, 5) is 8.79. The van der Waals surface area contributed by atoms with E-state index in [2.05, 4.69) is 20.0 Å². The number of halogens is 1. The van der Waals surface area contributed by atoms with Crippen LogP contribution in [0.2, 0.25) is 5.02 Å². The van der Waals surface area contributed by atoms with Gasteiger partial charge in [0.2, 0.25) is 16.0 Å². The molecule has 0 aliphatic heterocycles. The summed E-state index contributed by atoms with van der Waals surface area (Å²) in [6.07, 6.45) is 6.59. The van der Waals surface area contributed by atoms with Crippen molar-refractivity contribution in [1.29, 1.82) is 0 Å². The Labute approximate surface area is 158 Å². The lowest BCUT2D eigenvalue weighted by Crippen LogP contribution is -2.33. The van der Waals surface area contributed by atoms with Gasteiger partial charge in [0.15, 0.2) is 0 Å². The van der Waals surface area contributed by atoms with E-state index in [9.17, 15) is 8.42 Å². The van der Waals surface area contributed by atoms with Gasteiger partial charge in [-0.2, -0.15) is 0 Å². The Balaban J connectivity index is 1.83. The number of benzene rings is 1. The molecule has 1 heterocycles. The van der Waals surface area contributed by atoms with Crippen LogP contribution in [0.4, 0.5) is 11.6 Å². The molecule has 1 saturated carbocycles. The number of nitrogens with one attached hydrogen (secondary N) is 2. The molecule has 0 saturated heterocycles. The number of nitrogens with zero attached hydrogens (tertiary/aromatic N) is 2. The minimum atomic E-state index is -3.36. The summed E-state index contributed by atoms with van der Waals surface area (Å²) in [7, 11) is -3.36. The minimum Gasteiger partial charge on any atom is -0.351 e.